The van der Waals surface area contributed by atoms with Gasteiger partial charge in [-0.15, -0.1) is 0 Å². The summed E-state index contributed by atoms with van der Waals surface area (Å²) in [6, 6.07) is 16.8. The van der Waals surface area contributed by atoms with Crippen LogP contribution < -0.4 is 0 Å². The first-order valence-electron chi connectivity index (χ1n) is 10.7. The lowest BCUT2D eigenvalue weighted by atomic mass is 10.0. The largest absolute Gasteiger partial charge is 0.334 e. The van der Waals surface area contributed by atoms with Gasteiger partial charge in [0.05, 0.1) is 28.4 Å². The van der Waals surface area contributed by atoms with Gasteiger partial charge >= 0.3 is 0 Å². The first kappa shape index (κ1) is 22.0. The van der Waals surface area contributed by atoms with Gasteiger partial charge in [0.2, 0.25) is 5.82 Å². The Kier molecular flexibility index (Phi) is 6.23. The lowest BCUT2D eigenvalue weighted by molar-refractivity contribution is 0.413. The van der Waals surface area contributed by atoms with Gasteiger partial charge in [0.25, 0.3) is 5.89 Å². The van der Waals surface area contributed by atoms with E-state index in [4.69, 9.17) is 9.62 Å². The van der Waals surface area contributed by atoms with E-state index in [-0.39, 0.29) is 16.8 Å². The number of sulfone groups is 1. The molecule has 4 rings (SSSR count). The minimum absolute atomic E-state index is 0.206. The molecular formula is C24H26N4O3S. The Balaban J connectivity index is 1.80. The van der Waals surface area contributed by atoms with E-state index in [0.717, 1.165) is 36.1 Å². The zero-order valence-electron chi connectivity index (χ0n) is 18.4. The number of aromatic nitrogens is 4. The van der Waals surface area contributed by atoms with Crippen LogP contribution in [0.15, 0.2) is 70.2 Å². The van der Waals surface area contributed by atoms with Crippen molar-refractivity contribution in [3.63, 3.8) is 0 Å². The third-order valence-corrected chi connectivity index (χ3v) is 6.57. The summed E-state index contributed by atoms with van der Waals surface area (Å²) in [6.45, 7) is 4.34. The van der Waals surface area contributed by atoms with E-state index in [0.29, 0.717) is 11.4 Å². The van der Waals surface area contributed by atoms with Crippen LogP contribution in [0.5, 0.6) is 0 Å². The van der Waals surface area contributed by atoms with Crippen LogP contribution in [0.1, 0.15) is 39.2 Å². The minimum Gasteiger partial charge on any atom is -0.334 e. The summed E-state index contributed by atoms with van der Waals surface area (Å²) in [5, 5.41) is 8.90. The molecule has 0 saturated carbocycles. The number of nitrogens with zero attached hydrogens (tertiary/aromatic N) is 4. The molecule has 4 aromatic rings. The molecule has 1 atom stereocenters. The molecule has 2 aromatic heterocycles. The van der Waals surface area contributed by atoms with E-state index in [1.165, 1.54) is 6.26 Å². The van der Waals surface area contributed by atoms with Gasteiger partial charge in [-0.25, -0.2) is 8.42 Å². The maximum Gasteiger partial charge on any atom is 0.258 e. The van der Waals surface area contributed by atoms with Crippen LogP contribution in [0.4, 0.5) is 0 Å². The molecule has 7 nitrogen and oxygen atoms in total. The lowest BCUT2D eigenvalue weighted by Crippen LogP contribution is -2.11. The summed E-state index contributed by atoms with van der Waals surface area (Å²) in [7, 11) is -3.34. The number of benzene rings is 2. The van der Waals surface area contributed by atoms with Gasteiger partial charge in [0, 0.05) is 17.4 Å². The second-order valence-corrected chi connectivity index (χ2v) is 9.81. The van der Waals surface area contributed by atoms with E-state index in [2.05, 4.69) is 28.7 Å². The normalized spacial score (nSPS) is 12.7. The third kappa shape index (κ3) is 4.36. The van der Waals surface area contributed by atoms with Gasteiger partial charge in [0.1, 0.15) is 0 Å². The van der Waals surface area contributed by atoms with Crippen molar-refractivity contribution in [2.45, 2.75) is 44.0 Å². The Morgan fingerprint density at radius 2 is 1.78 bits per heavy atom. The lowest BCUT2D eigenvalue weighted by Gasteiger charge is -2.18. The van der Waals surface area contributed by atoms with Crippen molar-refractivity contribution in [3.8, 4) is 34.1 Å². The van der Waals surface area contributed by atoms with Crippen molar-refractivity contribution >= 4 is 9.84 Å². The number of hydrogen-bond acceptors (Lipinski definition) is 6. The Morgan fingerprint density at radius 3 is 2.47 bits per heavy atom. The Hall–Kier alpha value is -3.26. The van der Waals surface area contributed by atoms with Gasteiger partial charge in [-0.05, 0) is 31.0 Å². The second-order valence-electron chi connectivity index (χ2n) is 7.79. The molecule has 2 aromatic carbocycles. The van der Waals surface area contributed by atoms with Crippen molar-refractivity contribution in [3.05, 3.63) is 60.8 Å². The summed E-state index contributed by atoms with van der Waals surface area (Å²) in [5.74, 6) is 0.680. The predicted molar refractivity (Wildman–Crippen MR) is 124 cm³/mol. The standard InChI is InChI=1S/C24H26N4O3S/c1-4-10-19(5-2)28-22(17-11-7-6-8-12-17)21(16-25-28)23-26-24(31-27-23)18-13-9-14-20(15-18)32(3,29)30/h6-9,11-16,19H,4-5,10H2,1-3H3. The van der Waals surface area contributed by atoms with Crippen LogP contribution in [0, 0.1) is 0 Å². The first-order valence-corrected chi connectivity index (χ1v) is 12.6. The zero-order valence-corrected chi connectivity index (χ0v) is 19.2. The molecule has 0 aliphatic rings. The highest BCUT2D eigenvalue weighted by Crippen LogP contribution is 2.35. The fraction of sp³-hybridized carbons (Fsp3) is 0.292. The van der Waals surface area contributed by atoms with Crippen LogP contribution in [-0.2, 0) is 9.84 Å². The molecule has 0 fully saturated rings. The average molecular weight is 451 g/mol. The van der Waals surface area contributed by atoms with Crippen LogP contribution >= 0.6 is 0 Å². The topological polar surface area (TPSA) is 90.9 Å². The fourth-order valence-electron chi connectivity index (χ4n) is 3.83. The van der Waals surface area contributed by atoms with Crippen LogP contribution in [-0.4, -0.2) is 34.6 Å². The molecular weight excluding hydrogens is 424 g/mol. The molecule has 0 saturated heterocycles. The summed E-state index contributed by atoms with van der Waals surface area (Å²) in [6.07, 6.45) is 6.00. The van der Waals surface area contributed by atoms with E-state index in [1.807, 2.05) is 30.3 Å². The van der Waals surface area contributed by atoms with Crippen molar-refractivity contribution < 1.29 is 12.9 Å². The molecule has 0 spiro atoms. The number of rotatable bonds is 8. The van der Waals surface area contributed by atoms with Gasteiger partial charge in [0.15, 0.2) is 9.84 Å². The molecule has 0 aliphatic heterocycles. The molecule has 32 heavy (non-hydrogen) atoms. The van der Waals surface area contributed by atoms with Gasteiger partial charge in [-0.1, -0.05) is 61.8 Å². The zero-order chi connectivity index (χ0) is 22.7. The van der Waals surface area contributed by atoms with Gasteiger partial charge in [-0.2, -0.15) is 10.1 Å². The predicted octanol–water partition coefficient (Wildman–Crippen LogP) is 5.42. The van der Waals surface area contributed by atoms with E-state index >= 15 is 0 Å². The van der Waals surface area contributed by atoms with E-state index < -0.39 is 9.84 Å². The van der Waals surface area contributed by atoms with E-state index in [1.54, 1.807) is 30.5 Å². The van der Waals surface area contributed by atoms with Crippen LogP contribution in [0.3, 0.4) is 0 Å². The molecule has 2 heterocycles. The van der Waals surface area contributed by atoms with Gasteiger partial charge < -0.3 is 4.52 Å². The molecule has 0 bridgehead atoms. The second kappa shape index (κ2) is 9.08. The van der Waals surface area contributed by atoms with Crippen molar-refractivity contribution in [2.75, 3.05) is 6.26 Å². The first-order chi connectivity index (χ1) is 15.4. The Labute approximate surface area is 188 Å². The molecule has 1 unspecified atom stereocenters. The molecule has 8 heteroatoms. The Morgan fingerprint density at radius 1 is 1.03 bits per heavy atom. The van der Waals surface area contributed by atoms with Gasteiger partial charge in [-0.3, -0.25) is 4.68 Å². The van der Waals surface area contributed by atoms with Crippen molar-refractivity contribution in [1.29, 1.82) is 0 Å². The molecule has 0 aliphatic carbocycles. The van der Waals surface area contributed by atoms with Crippen LogP contribution in [0.2, 0.25) is 0 Å². The monoisotopic (exact) mass is 450 g/mol. The SMILES string of the molecule is CCCC(CC)n1ncc(-c2noc(-c3cccc(S(C)(=O)=O)c3)n2)c1-c1ccccc1. The summed E-state index contributed by atoms with van der Waals surface area (Å²) in [4.78, 5) is 4.79. The smallest absolute Gasteiger partial charge is 0.258 e. The average Bonchev–Trinajstić information content (AvgIpc) is 3.45. The van der Waals surface area contributed by atoms with Crippen molar-refractivity contribution in [2.24, 2.45) is 0 Å². The quantitative estimate of drug-likeness (QED) is 0.356. The molecule has 166 valence electrons. The summed E-state index contributed by atoms with van der Waals surface area (Å²) in [5.41, 5.74) is 3.31. The molecule has 0 radical (unpaired) electrons. The highest BCUT2D eigenvalue weighted by molar-refractivity contribution is 7.90. The van der Waals surface area contributed by atoms with E-state index in [9.17, 15) is 8.42 Å². The summed E-state index contributed by atoms with van der Waals surface area (Å²) >= 11 is 0. The molecule has 0 amide bonds. The van der Waals surface area contributed by atoms with Crippen LogP contribution in [0.25, 0.3) is 34.1 Å². The maximum absolute atomic E-state index is 11.9. The highest BCUT2D eigenvalue weighted by Gasteiger charge is 2.23. The summed E-state index contributed by atoms with van der Waals surface area (Å²) < 4.78 is 31.4. The maximum atomic E-state index is 11.9. The third-order valence-electron chi connectivity index (χ3n) is 5.46. The number of hydrogen-bond donors (Lipinski definition) is 0. The minimum atomic E-state index is -3.34. The fourth-order valence-corrected chi connectivity index (χ4v) is 4.50. The van der Waals surface area contributed by atoms with Crippen molar-refractivity contribution in [1.82, 2.24) is 19.9 Å². The Bertz CT molecular complexity index is 1310. The highest BCUT2D eigenvalue weighted by atomic mass is 32.2. The molecule has 0 N–H and O–H groups in total.